The van der Waals surface area contributed by atoms with Crippen LogP contribution in [0.1, 0.15) is 12.5 Å². The minimum absolute atomic E-state index is 0.0995. The summed E-state index contributed by atoms with van der Waals surface area (Å²) in [5.74, 6) is 0.0995. The highest BCUT2D eigenvalue weighted by Crippen LogP contribution is 2.31. The monoisotopic (exact) mass is 265 g/mol. The summed E-state index contributed by atoms with van der Waals surface area (Å²) in [6, 6.07) is 9.05. The number of nitrogens with zero attached hydrogens (tertiary/aromatic N) is 1. The highest BCUT2D eigenvalue weighted by Gasteiger charge is 2.38. The molecule has 5 heteroatoms. The second-order valence-corrected chi connectivity index (χ2v) is 6.89. The van der Waals surface area contributed by atoms with Gasteiger partial charge in [0.1, 0.15) is 5.41 Å². The average molecular weight is 265 g/mol. The predicted octanol–water partition coefficient (Wildman–Crippen LogP) is 1.56. The van der Waals surface area contributed by atoms with Crippen molar-refractivity contribution in [1.29, 1.82) is 5.26 Å². The van der Waals surface area contributed by atoms with E-state index >= 15 is 0 Å². The van der Waals surface area contributed by atoms with Crippen LogP contribution in [0.15, 0.2) is 29.2 Å². The summed E-state index contributed by atoms with van der Waals surface area (Å²) in [4.78, 5) is 0.338. The third-order valence-electron chi connectivity index (χ3n) is 3.20. The largest absolute Gasteiger partial charge is 0.378 e. The van der Waals surface area contributed by atoms with Gasteiger partial charge in [-0.2, -0.15) is 5.26 Å². The van der Waals surface area contributed by atoms with Gasteiger partial charge in [0.15, 0.2) is 9.84 Å². The van der Waals surface area contributed by atoms with Crippen LogP contribution >= 0.6 is 0 Å². The van der Waals surface area contributed by atoms with Crippen molar-refractivity contribution in [3.05, 3.63) is 29.8 Å². The molecular weight excluding hydrogens is 250 g/mol. The number of hydrogen-bond donors (Lipinski definition) is 0. The van der Waals surface area contributed by atoms with Crippen molar-refractivity contribution in [1.82, 2.24) is 0 Å². The molecule has 96 valence electrons. The highest BCUT2D eigenvalue weighted by atomic mass is 32.2. The van der Waals surface area contributed by atoms with E-state index in [9.17, 15) is 8.42 Å². The maximum atomic E-state index is 11.6. The Bertz CT molecular complexity index is 565. The zero-order chi connectivity index (χ0) is 13.2. The average Bonchev–Trinajstić information content (AvgIpc) is 2.34. The molecule has 1 fully saturated rings. The molecule has 1 saturated heterocycles. The molecule has 0 saturated carbocycles. The molecule has 0 radical (unpaired) electrons. The first-order chi connectivity index (χ1) is 8.51. The quantitative estimate of drug-likeness (QED) is 0.828. The highest BCUT2D eigenvalue weighted by molar-refractivity contribution is 7.91. The zero-order valence-corrected chi connectivity index (χ0v) is 11.0. The van der Waals surface area contributed by atoms with Gasteiger partial charge in [-0.15, -0.1) is 0 Å². The topological polar surface area (TPSA) is 67.2 Å². The smallest absolute Gasteiger partial charge is 0.178 e. The molecule has 0 amide bonds. The molecule has 0 unspecified atom stereocenters. The fraction of sp³-hybridized carbons (Fsp3) is 0.462. The van der Waals surface area contributed by atoms with Crippen molar-refractivity contribution in [2.45, 2.75) is 18.2 Å². The van der Waals surface area contributed by atoms with Gasteiger partial charge in [-0.05, 0) is 24.1 Å². The number of benzene rings is 1. The second kappa shape index (κ2) is 4.71. The van der Waals surface area contributed by atoms with Crippen molar-refractivity contribution in [2.75, 3.05) is 19.0 Å². The Balaban J connectivity index is 2.16. The summed E-state index contributed by atoms with van der Waals surface area (Å²) in [6.07, 6.45) is 0.607. The van der Waals surface area contributed by atoms with Crippen molar-refractivity contribution in [3.63, 3.8) is 0 Å². The molecule has 4 nitrogen and oxygen atoms in total. The van der Waals surface area contributed by atoms with E-state index in [0.717, 1.165) is 5.56 Å². The van der Waals surface area contributed by atoms with Crippen LogP contribution in [0.3, 0.4) is 0 Å². The number of sulfone groups is 1. The fourth-order valence-electron chi connectivity index (χ4n) is 1.93. The summed E-state index contributed by atoms with van der Waals surface area (Å²) >= 11 is 0. The van der Waals surface area contributed by atoms with Crippen LogP contribution in [0, 0.1) is 16.7 Å². The maximum absolute atomic E-state index is 11.6. The lowest BCUT2D eigenvalue weighted by Gasteiger charge is -2.35. The number of nitriles is 1. The van der Waals surface area contributed by atoms with Crippen LogP contribution in [-0.4, -0.2) is 27.4 Å². The van der Waals surface area contributed by atoms with Crippen LogP contribution < -0.4 is 0 Å². The van der Waals surface area contributed by atoms with Crippen LogP contribution in [-0.2, 0) is 21.0 Å². The summed E-state index contributed by atoms with van der Waals surface area (Å²) in [5.41, 5.74) is 0.542. The van der Waals surface area contributed by atoms with Gasteiger partial charge >= 0.3 is 0 Å². The summed E-state index contributed by atoms with van der Waals surface area (Å²) in [7, 11) is -3.15. The standard InChI is InChI=1S/C13H15NO3S/c1-2-18(15,16)12-5-3-11(4-6-12)7-13(8-14)9-17-10-13/h3-6H,2,7,9-10H2,1H3. The van der Waals surface area contributed by atoms with Crippen molar-refractivity contribution < 1.29 is 13.2 Å². The van der Waals surface area contributed by atoms with Gasteiger partial charge in [-0.25, -0.2) is 8.42 Å². The molecule has 0 aliphatic carbocycles. The molecule has 18 heavy (non-hydrogen) atoms. The van der Waals surface area contributed by atoms with Crippen LogP contribution in [0.5, 0.6) is 0 Å². The van der Waals surface area contributed by atoms with E-state index < -0.39 is 15.3 Å². The molecule has 2 rings (SSSR count). The lowest BCUT2D eigenvalue weighted by atomic mass is 9.81. The molecule has 1 aliphatic heterocycles. The lowest BCUT2D eigenvalue weighted by Crippen LogP contribution is -2.43. The number of hydrogen-bond acceptors (Lipinski definition) is 4. The van der Waals surface area contributed by atoms with Crippen molar-refractivity contribution in [2.24, 2.45) is 5.41 Å². The Morgan fingerprint density at radius 3 is 2.33 bits per heavy atom. The lowest BCUT2D eigenvalue weighted by molar-refractivity contribution is -0.0765. The van der Waals surface area contributed by atoms with Crippen molar-refractivity contribution >= 4 is 9.84 Å². The third-order valence-corrected chi connectivity index (χ3v) is 4.95. The summed E-state index contributed by atoms with van der Waals surface area (Å²) < 4.78 is 28.4. The second-order valence-electron chi connectivity index (χ2n) is 4.61. The zero-order valence-electron chi connectivity index (χ0n) is 10.2. The molecule has 1 aliphatic rings. The van der Waals surface area contributed by atoms with Crippen LogP contribution in [0.25, 0.3) is 0 Å². The van der Waals surface area contributed by atoms with E-state index in [0.29, 0.717) is 24.5 Å². The first-order valence-electron chi connectivity index (χ1n) is 5.82. The van der Waals surface area contributed by atoms with Crippen LogP contribution in [0.2, 0.25) is 0 Å². The minimum atomic E-state index is -3.15. The molecule has 0 spiro atoms. The molecule has 1 heterocycles. The molecule has 0 atom stereocenters. The number of rotatable bonds is 4. The normalized spacial score (nSPS) is 17.8. The maximum Gasteiger partial charge on any atom is 0.178 e. The Kier molecular flexibility index (Phi) is 3.42. The molecule has 0 bridgehead atoms. The molecule has 0 N–H and O–H groups in total. The van der Waals surface area contributed by atoms with Gasteiger partial charge in [0, 0.05) is 0 Å². The summed E-state index contributed by atoms with van der Waals surface area (Å²) in [5, 5.41) is 9.09. The Hall–Kier alpha value is -1.38. The van der Waals surface area contributed by atoms with Gasteiger partial charge in [0.25, 0.3) is 0 Å². The first kappa shape index (κ1) is 13.1. The SMILES string of the molecule is CCS(=O)(=O)c1ccc(CC2(C#N)COC2)cc1. The van der Waals surface area contributed by atoms with Gasteiger partial charge in [0.2, 0.25) is 0 Å². The first-order valence-corrected chi connectivity index (χ1v) is 7.47. The third kappa shape index (κ3) is 2.40. The molecular formula is C13H15NO3S. The van der Waals surface area contributed by atoms with Gasteiger partial charge < -0.3 is 4.74 Å². The van der Waals surface area contributed by atoms with E-state index in [1.54, 1.807) is 31.2 Å². The van der Waals surface area contributed by atoms with E-state index in [1.165, 1.54) is 0 Å². The molecule has 0 aromatic heterocycles. The van der Waals surface area contributed by atoms with E-state index in [1.807, 2.05) is 0 Å². The predicted molar refractivity (Wildman–Crippen MR) is 66.7 cm³/mol. The summed E-state index contributed by atoms with van der Waals surface area (Å²) in [6.45, 7) is 2.54. The number of ether oxygens (including phenoxy) is 1. The van der Waals surface area contributed by atoms with E-state index in [4.69, 9.17) is 10.00 Å². The Morgan fingerprint density at radius 2 is 1.94 bits per heavy atom. The minimum Gasteiger partial charge on any atom is -0.378 e. The molecule has 1 aromatic carbocycles. The van der Waals surface area contributed by atoms with Crippen molar-refractivity contribution in [3.8, 4) is 6.07 Å². The Morgan fingerprint density at radius 1 is 1.33 bits per heavy atom. The van der Waals surface area contributed by atoms with Gasteiger partial charge in [0.05, 0.1) is 29.9 Å². The van der Waals surface area contributed by atoms with E-state index in [2.05, 4.69) is 6.07 Å². The van der Waals surface area contributed by atoms with Gasteiger partial charge in [-0.3, -0.25) is 0 Å². The van der Waals surface area contributed by atoms with Crippen LogP contribution in [0.4, 0.5) is 0 Å². The fourth-order valence-corrected chi connectivity index (χ4v) is 2.81. The Labute approximate surface area is 107 Å². The van der Waals surface area contributed by atoms with E-state index in [-0.39, 0.29) is 5.75 Å². The van der Waals surface area contributed by atoms with Gasteiger partial charge in [-0.1, -0.05) is 19.1 Å². The molecule has 1 aromatic rings.